The Labute approximate surface area is 165 Å². The molecule has 1 heterocycles. The van der Waals surface area contributed by atoms with Gasteiger partial charge in [-0.3, -0.25) is 4.79 Å². The van der Waals surface area contributed by atoms with Crippen molar-refractivity contribution < 1.29 is 14.3 Å². The molecule has 2 aromatic rings. The molecule has 0 aromatic heterocycles. The van der Waals surface area contributed by atoms with Crippen molar-refractivity contribution in [2.45, 2.75) is 25.9 Å². The van der Waals surface area contributed by atoms with E-state index in [1.807, 2.05) is 35.2 Å². The monoisotopic (exact) mass is 382 g/mol. The molecule has 0 aliphatic carbocycles. The molecule has 0 spiro atoms. The third-order valence-electron chi connectivity index (χ3n) is 4.67. The summed E-state index contributed by atoms with van der Waals surface area (Å²) in [5.41, 5.74) is 8.87. The van der Waals surface area contributed by atoms with E-state index < -0.39 is 0 Å². The minimum atomic E-state index is 0.237. The van der Waals surface area contributed by atoms with Gasteiger partial charge in [-0.25, -0.2) is 4.99 Å². The van der Waals surface area contributed by atoms with Gasteiger partial charge in [-0.1, -0.05) is 24.3 Å². The topological polar surface area (TPSA) is 89.2 Å². The van der Waals surface area contributed by atoms with Gasteiger partial charge in [-0.05, 0) is 29.7 Å². The number of rotatable bonds is 7. The molecule has 3 N–H and O–H groups in total. The third kappa shape index (κ3) is 4.94. The summed E-state index contributed by atoms with van der Waals surface area (Å²) in [6.45, 7) is 1.97. The van der Waals surface area contributed by atoms with Gasteiger partial charge in [-0.15, -0.1) is 0 Å². The van der Waals surface area contributed by atoms with E-state index in [-0.39, 0.29) is 5.91 Å². The maximum atomic E-state index is 11.7. The van der Waals surface area contributed by atoms with E-state index in [9.17, 15) is 4.79 Å². The van der Waals surface area contributed by atoms with Gasteiger partial charge in [0, 0.05) is 25.6 Å². The molecule has 1 fully saturated rings. The number of carbonyl (C=O) groups is 1. The molecule has 0 unspecified atom stereocenters. The van der Waals surface area contributed by atoms with Crippen LogP contribution in [0.15, 0.2) is 47.5 Å². The summed E-state index contributed by atoms with van der Waals surface area (Å²) in [7, 11) is 3.20. The predicted octanol–water partition coefficient (Wildman–Crippen LogP) is 2.75. The number of likely N-dealkylation sites (tertiary alicyclic amines) is 1. The molecule has 1 saturated heterocycles. The normalized spacial score (nSPS) is 14.3. The molecule has 3 rings (SSSR count). The molecule has 7 nitrogen and oxygen atoms in total. The van der Waals surface area contributed by atoms with Gasteiger partial charge in [0.2, 0.25) is 5.91 Å². The summed E-state index contributed by atoms with van der Waals surface area (Å²) in [6.07, 6.45) is 1.62. The molecule has 148 valence electrons. The molecule has 1 aliphatic rings. The fourth-order valence-corrected chi connectivity index (χ4v) is 3.11. The van der Waals surface area contributed by atoms with Crippen LogP contribution in [0.4, 0.5) is 5.69 Å². The first-order valence-electron chi connectivity index (χ1n) is 9.23. The number of guanidine groups is 1. The number of hydrogen-bond acceptors (Lipinski definition) is 4. The Hall–Kier alpha value is -3.22. The van der Waals surface area contributed by atoms with E-state index in [4.69, 9.17) is 15.2 Å². The van der Waals surface area contributed by atoms with E-state index in [1.54, 1.807) is 26.4 Å². The molecule has 0 atom stereocenters. The van der Waals surface area contributed by atoms with E-state index in [2.05, 4.69) is 10.3 Å². The number of aliphatic imine (C=N–C) groups is 1. The van der Waals surface area contributed by atoms with E-state index in [0.29, 0.717) is 42.7 Å². The van der Waals surface area contributed by atoms with Crippen LogP contribution in [0.5, 0.6) is 11.5 Å². The molecule has 0 bridgehead atoms. The number of anilines is 1. The first-order valence-corrected chi connectivity index (χ1v) is 9.23. The summed E-state index contributed by atoms with van der Waals surface area (Å²) >= 11 is 0. The lowest BCUT2D eigenvalue weighted by Gasteiger charge is -2.15. The van der Waals surface area contributed by atoms with Crippen LogP contribution in [-0.4, -0.2) is 37.5 Å². The average molecular weight is 382 g/mol. The maximum absolute atomic E-state index is 11.7. The number of benzene rings is 2. The lowest BCUT2D eigenvalue weighted by molar-refractivity contribution is -0.128. The number of nitrogens with zero attached hydrogens (tertiary/aromatic N) is 2. The molecular weight excluding hydrogens is 356 g/mol. The van der Waals surface area contributed by atoms with Crippen molar-refractivity contribution in [2.75, 3.05) is 26.1 Å². The smallest absolute Gasteiger partial charge is 0.222 e. The zero-order valence-electron chi connectivity index (χ0n) is 16.3. The zero-order chi connectivity index (χ0) is 19.9. The Morgan fingerprint density at radius 3 is 2.54 bits per heavy atom. The van der Waals surface area contributed by atoms with Gasteiger partial charge in [-0.2, -0.15) is 0 Å². The fraction of sp³-hybridized carbons (Fsp3) is 0.333. The van der Waals surface area contributed by atoms with Crippen LogP contribution in [0, 0.1) is 0 Å². The standard InChI is InChI=1S/C21H26N4O3/c1-27-17-9-10-19(28-2)18(12-17)24-21(22)23-13-15-5-7-16(8-6-15)14-25-11-3-4-20(25)26/h5-10,12H,3-4,11,13-14H2,1-2H3,(H3,22,23,24). The summed E-state index contributed by atoms with van der Waals surface area (Å²) in [4.78, 5) is 18.0. The lowest BCUT2D eigenvalue weighted by atomic mass is 10.1. The quantitative estimate of drug-likeness (QED) is 0.568. The van der Waals surface area contributed by atoms with Crippen LogP contribution in [0.2, 0.25) is 0 Å². The molecule has 7 heteroatoms. The predicted molar refractivity (Wildman–Crippen MR) is 110 cm³/mol. The summed E-state index contributed by atoms with van der Waals surface area (Å²) in [5.74, 6) is 1.88. The highest BCUT2D eigenvalue weighted by molar-refractivity contribution is 5.94. The number of nitrogens with one attached hydrogen (secondary N) is 1. The molecule has 2 aromatic carbocycles. The Kier molecular flexibility index (Phi) is 6.37. The van der Waals surface area contributed by atoms with Crippen LogP contribution >= 0.6 is 0 Å². The SMILES string of the molecule is COc1ccc(OC)c(NC(N)=NCc2ccc(CN3CCCC3=O)cc2)c1. The van der Waals surface area contributed by atoms with E-state index in [1.165, 1.54) is 0 Å². The maximum Gasteiger partial charge on any atom is 0.222 e. The Morgan fingerprint density at radius 2 is 1.89 bits per heavy atom. The van der Waals surface area contributed by atoms with Crippen LogP contribution in [0.1, 0.15) is 24.0 Å². The van der Waals surface area contributed by atoms with Crippen molar-refractivity contribution >= 4 is 17.6 Å². The molecule has 0 radical (unpaired) electrons. The van der Waals surface area contributed by atoms with Gasteiger partial charge < -0.3 is 25.4 Å². The second-order valence-corrected chi connectivity index (χ2v) is 6.63. The Bertz CT molecular complexity index is 849. The van der Waals surface area contributed by atoms with Gasteiger partial charge in [0.1, 0.15) is 11.5 Å². The first-order chi connectivity index (χ1) is 13.6. The highest BCUT2D eigenvalue weighted by Gasteiger charge is 2.19. The highest BCUT2D eigenvalue weighted by Crippen LogP contribution is 2.28. The number of ether oxygens (including phenoxy) is 2. The van der Waals surface area contributed by atoms with Crippen LogP contribution in [-0.2, 0) is 17.9 Å². The minimum absolute atomic E-state index is 0.237. The van der Waals surface area contributed by atoms with Crippen molar-refractivity contribution in [2.24, 2.45) is 10.7 Å². The molecule has 0 saturated carbocycles. The molecular formula is C21H26N4O3. The van der Waals surface area contributed by atoms with Crippen molar-refractivity contribution in [3.8, 4) is 11.5 Å². The third-order valence-corrected chi connectivity index (χ3v) is 4.67. The van der Waals surface area contributed by atoms with Crippen molar-refractivity contribution in [1.82, 2.24) is 4.90 Å². The average Bonchev–Trinajstić information content (AvgIpc) is 3.12. The van der Waals surface area contributed by atoms with Crippen molar-refractivity contribution in [3.63, 3.8) is 0 Å². The van der Waals surface area contributed by atoms with Gasteiger partial charge >= 0.3 is 0 Å². The van der Waals surface area contributed by atoms with Crippen LogP contribution < -0.4 is 20.5 Å². The van der Waals surface area contributed by atoms with E-state index >= 15 is 0 Å². The second kappa shape index (κ2) is 9.12. The van der Waals surface area contributed by atoms with Crippen molar-refractivity contribution in [1.29, 1.82) is 0 Å². The number of carbonyl (C=O) groups excluding carboxylic acids is 1. The zero-order valence-corrected chi connectivity index (χ0v) is 16.3. The minimum Gasteiger partial charge on any atom is -0.497 e. The lowest BCUT2D eigenvalue weighted by Crippen LogP contribution is -2.23. The molecule has 1 amide bonds. The largest absolute Gasteiger partial charge is 0.497 e. The Morgan fingerprint density at radius 1 is 1.14 bits per heavy atom. The van der Waals surface area contributed by atoms with Crippen molar-refractivity contribution in [3.05, 3.63) is 53.6 Å². The van der Waals surface area contributed by atoms with Gasteiger partial charge in [0.25, 0.3) is 0 Å². The molecule has 28 heavy (non-hydrogen) atoms. The second-order valence-electron chi connectivity index (χ2n) is 6.63. The summed E-state index contributed by atoms with van der Waals surface area (Å²) in [5, 5.41) is 3.05. The van der Waals surface area contributed by atoms with Gasteiger partial charge in [0.15, 0.2) is 5.96 Å². The summed E-state index contributed by atoms with van der Waals surface area (Å²) < 4.78 is 10.6. The molecule has 1 aliphatic heterocycles. The number of hydrogen-bond donors (Lipinski definition) is 2. The highest BCUT2D eigenvalue weighted by atomic mass is 16.5. The first kappa shape index (κ1) is 19.5. The summed E-state index contributed by atoms with van der Waals surface area (Å²) in [6, 6.07) is 13.5. The number of amides is 1. The number of nitrogens with two attached hydrogens (primary N) is 1. The van der Waals surface area contributed by atoms with E-state index in [0.717, 1.165) is 24.1 Å². The Balaban J connectivity index is 1.59. The van der Waals surface area contributed by atoms with Gasteiger partial charge in [0.05, 0.1) is 26.5 Å². The van der Waals surface area contributed by atoms with Crippen LogP contribution in [0.25, 0.3) is 0 Å². The number of methoxy groups -OCH3 is 2. The fourth-order valence-electron chi connectivity index (χ4n) is 3.11. The van der Waals surface area contributed by atoms with Crippen LogP contribution in [0.3, 0.4) is 0 Å².